The van der Waals surface area contributed by atoms with Gasteiger partial charge in [0.1, 0.15) is 16.9 Å². The largest absolute Gasteiger partial charge is 0.416 e. The second-order valence-electron chi connectivity index (χ2n) is 9.29. The number of alkyl halides is 6. The van der Waals surface area contributed by atoms with E-state index in [4.69, 9.17) is 4.55 Å². The molecule has 1 atom stereocenters. The smallest absolute Gasteiger partial charge is 0.354 e. The maximum absolute atomic E-state index is 13.8. The van der Waals surface area contributed by atoms with E-state index in [0.717, 1.165) is 6.07 Å². The van der Waals surface area contributed by atoms with Gasteiger partial charge in [0.25, 0.3) is 11.3 Å². The first-order valence-corrected chi connectivity index (χ1v) is 13.0. The monoisotopic (exact) mass is 600 g/mol. The molecule has 0 spiro atoms. The third-order valence-electron chi connectivity index (χ3n) is 6.31. The molecule has 1 fully saturated rings. The zero-order valence-corrected chi connectivity index (χ0v) is 21.4. The third kappa shape index (κ3) is 6.32. The van der Waals surface area contributed by atoms with Gasteiger partial charge in [0.2, 0.25) is 5.95 Å². The average Bonchev–Trinajstić information content (AvgIpc) is 3.68. The molecule has 2 aromatic heterocycles. The molecule has 0 amide bonds. The Labute approximate surface area is 229 Å². The molecule has 5 rings (SSSR count). The van der Waals surface area contributed by atoms with Crippen LogP contribution in [0, 0.1) is 5.82 Å². The normalized spacial score (nSPS) is 15.4. The Hall–Kier alpha value is -4.05. The number of hydrogen-bond acceptors (Lipinski definition) is 6. The molecule has 0 aliphatic heterocycles. The lowest BCUT2D eigenvalue weighted by Gasteiger charge is -2.22. The molecule has 2 aromatic carbocycles. The highest BCUT2D eigenvalue weighted by Crippen LogP contribution is 2.51. The SMILES string of the molecule is O=S(O)Nc1cc(CNc2nc(NC3(C(F)(F)F)CC3)c3nc(-c4ccc(F)cc4)ccc3n2)cc(C(F)(F)F)c1. The summed E-state index contributed by atoms with van der Waals surface area (Å²) in [7, 11) is 0. The van der Waals surface area contributed by atoms with Gasteiger partial charge < -0.3 is 10.6 Å². The number of fused-ring (bicyclic) bond motifs is 1. The van der Waals surface area contributed by atoms with Gasteiger partial charge in [-0.2, -0.15) is 31.3 Å². The number of rotatable bonds is 8. The van der Waals surface area contributed by atoms with Crippen LogP contribution in [0.4, 0.5) is 48.2 Å². The van der Waals surface area contributed by atoms with E-state index in [1.807, 2.05) is 4.72 Å². The molecule has 4 aromatic rings. The zero-order valence-electron chi connectivity index (χ0n) is 20.6. The van der Waals surface area contributed by atoms with Gasteiger partial charge in [-0.15, -0.1) is 0 Å². The van der Waals surface area contributed by atoms with E-state index in [9.17, 15) is 34.9 Å². The van der Waals surface area contributed by atoms with Crippen LogP contribution in [0.5, 0.6) is 0 Å². The van der Waals surface area contributed by atoms with Crippen molar-refractivity contribution in [1.82, 2.24) is 15.0 Å². The maximum Gasteiger partial charge on any atom is 0.416 e. The van der Waals surface area contributed by atoms with Crippen molar-refractivity contribution >= 4 is 39.8 Å². The lowest BCUT2D eigenvalue weighted by atomic mass is 10.1. The number of benzene rings is 2. The summed E-state index contributed by atoms with van der Waals surface area (Å²) >= 11 is -2.64. The van der Waals surface area contributed by atoms with Crippen LogP contribution in [-0.4, -0.2) is 35.4 Å². The second kappa shape index (κ2) is 10.4. The Kier molecular flexibility index (Phi) is 7.23. The van der Waals surface area contributed by atoms with Crippen molar-refractivity contribution in [1.29, 1.82) is 0 Å². The minimum absolute atomic E-state index is 0.00359. The summed E-state index contributed by atoms with van der Waals surface area (Å²) in [4.78, 5) is 12.8. The number of aromatic nitrogens is 3. The molecule has 4 N–H and O–H groups in total. The van der Waals surface area contributed by atoms with E-state index < -0.39 is 40.5 Å². The van der Waals surface area contributed by atoms with Gasteiger partial charge in [-0.1, -0.05) is 0 Å². The minimum Gasteiger partial charge on any atom is -0.354 e. The highest BCUT2D eigenvalue weighted by Gasteiger charge is 2.64. The van der Waals surface area contributed by atoms with Gasteiger partial charge in [-0.3, -0.25) is 9.27 Å². The topological polar surface area (TPSA) is 112 Å². The molecule has 1 aliphatic rings. The van der Waals surface area contributed by atoms with Crippen LogP contribution in [-0.2, 0) is 24.0 Å². The molecule has 16 heteroatoms. The van der Waals surface area contributed by atoms with Crippen LogP contribution in [0.15, 0.2) is 54.6 Å². The fourth-order valence-electron chi connectivity index (χ4n) is 4.09. The predicted octanol–water partition coefficient (Wildman–Crippen LogP) is 6.52. The van der Waals surface area contributed by atoms with Crippen LogP contribution >= 0.6 is 0 Å². The van der Waals surface area contributed by atoms with Crippen LogP contribution in [0.25, 0.3) is 22.3 Å². The first kappa shape index (κ1) is 28.5. The van der Waals surface area contributed by atoms with Gasteiger partial charge in [-0.05, 0) is 73.0 Å². The van der Waals surface area contributed by atoms with Crippen LogP contribution in [0.2, 0.25) is 0 Å². The lowest BCUT2D eigenvalue weighted by molar-refractivity contribution is -0.151. The van der Waals surface area contributed by atoms with E-state index in [2.05, 4.69) is 25.6 Å². The molecule has 8 nitrogen and oxygen atoms in total. The Morgan fingerprint density at radius 3 is 2.24 bits per heavy atom. The number of pyridine rings is 1. The average molecular weight is 601 g/mol. The third-order valence-corrected chi connectivity index (χ3v) is 6.72. The van der Waals surface area contributed by atoms with Crippen molar-refractivity contribution in [2.45, 2.75) is 37.3 Å². The molecule has 216 valence electrons. The van der Waals surface area contributed by atoms with Gasteiger partial charge in [-0.25, -0.2) is 18.6 Å². The van der Waals surface area contributed by atoms with E-state index in [1.165, 1.54) is 42.5 Å². The molecule has 1 unspecified atom stereocenters. The molecule has 0 radical (unpaired) electrons. The highest BCUT2D eigenvalue weighted by atomic mass is 32.2. The summed E-state index contributed by atoms with van der Waals surface area (Å²) < 4.78 is 117. The standard InChI is InChI=1S/C25H19F7N6O2S/c26-16-3-1-14(2-4-16)18-5-6-19-20(34-18)21(37-23(7-8-23)25(30,31)32)36-22(35-19)33-12-13-9-15(24(27,28)29)11-17(10-13)38-41(39)40/h1-6,9-11,38H,7-8,12H2,(H,39,40)(H2,33,35,36,37). The van der Waals surface area contributed by atoms with Crippen molar-refractivity contribution in [3.8, 4) is 11.3 Å². The Balaban J connectivity index is 1.51. The fourth-order valence-corrected chi connectivity index (χ4v) is 4.41. The van der Waals surface area contributed by atoms with E-state index in [-0.39, 0.29) is 53.4 Å². The van der Waals surface area contributed by atoms with Crippen molar-refractivity contribution < 1.29 is 39.5 Å². The van der Waals surface area contributed by atoms with Crippen molar-refractivity contribution in [3.63, 3.8) is 0 Å². The molecule has 2 heterocycles. The minimum atomic E-state index is -4.76. The number of halogens is 7. The first-order valence-electron chi connectivity index (χ1n) is 11.8. The maximum atomic E-state index is 13.8. The van der Waals surface area contributed by atoms with E-state index >= 15 is 0 Å². The highest BCUT2D eigenvalue weighted by molar-refractivity contribution is 7.80. The van der Waals surface area contributed by atoms with E-state index in [0.29, 0.717) is 17.3 Å². The summed E-state index contributed by atoms with van der Waals surface area (Å²) in [6, 6.07) is 11.0. The van der Waals surface area contributed by atoms with E-state index in [1.54, 1.807) is 0 Å². The molecular formula is C25H19F7N6O2S. The molecule has 0 saturated heterocycles. The van der Waals surface area contributed by atoms with Gasteiger partial charge in [0.15, 0.2) is 5.82 Å². The summed E-state index contributed by atoms with van der Waals surface area (Å²) in [5, 5.41) is 5.14. The predicted molar refractivity (Wildman–Crippen MR) is 138 cm³/mol. The van der Waals surface area contributed by atoms with Crippen molar-refractivity contribution in [2.75, 3.05) is 15.4 Å². The van der Waals surface area contributed by atoms with Crippen LogP contribution in [0.3, 0.4) is 0 Å². The fraction of sp³-hybridized carbons (Fsp3) is 0.240. The summed E-state index contributed by atoms with van der Waals surface area (Å²) in [6.45, 7) is -0.312. The van der Waals surface area contributed by atoms with Crippen molar-refractivity contribution in [2.24, 2.45) is 0 Å². The van der Waals surface area contributed by atoms with Crippen LogP contribution in [0.1, 0.15) is 24.0 Å². The first-order chi connectivity index (χ1) is 19.2. The summed E-state index contributed by atoms with van der Waals surface area (Å²) in [5.41, 5.74) is -2.61. The second-order valence-corrected chi connectivity index (χ2v) is 10.00. The molecule has 41 heavy (non-hydrogen) atoms. The van der Waals surface area contributed by atoms with Gasteiger partial charge >= 0.3 is 12.4 Å². The Morgan fingerprint density at radius 1 is 0.927 bits per heavy atom. The number of hydrogen-bond donors (Lipinski definition) is 4. The quantitative estimate of drug-likeness (QED) is 0.135. The number of anilines is 3. The Bertz CT molecular complexity index is 1630. The Morgan fingerprint density at radius 2 is 1.63 bits per heavy atom. The van der Waals surface area contributed by atoms with Crippen molar-refractivity contribution in [3.05, 3.63) is 71.5 Å². The zero-order chi connectivity index (χ0) is 29.6. The number of nitrogens with zero attached hydrogens (tertiary/aromatic N) is 3. The molecular weight excluding hydrogens is 581 g/mol. The molecule has 1 aliphatic carbocycles. The lowest BCUT2D eigenvalue weighted by Crippen LogP contribution is -2.39. The van der Waals surface area contributed by atoms with Gasteiger partial charge in [0.05, 0.1) is 16.8 Å². The van der Waals surface area contributed by atoms with Crippen LogP contribution < -0.4 is 15.4 Å². The molecule has 1 saturated carbocycles. The summed E-state index contributed by atoms with van der Waals surface area (Å²) in [6.07, 6.45) is -9.76. The number of nitrogens with one attached hydrogen (secondary N) is 3. The van der Waals surface area contributed by atoms with Gasteiger partial charge in [0, 0.05) is 17.8 Å². The molecule has 0 bridgehead atoms. The summed E-state index contributed by atoms with van der Waals surface area (Å²) in [5.74, 6) is -0.935.